The van der Waals surface area contributed by atoms with Crippen molar-refractivity contribution in [1.29, 1.82) is 0 Å². The van der Waals surface area contributed by atoms with Gasteiger partial charge in [0, 0.05) is 39.3 Å². The molecule has 4 rings (SSSR count). The Hall–Kier alpha value is -3.72. The van der Waals surface area contributed by atoms with Crippen LogP contribution >= 0.6 is 0 Å². The zero-order valence-electron chi connectivity index (χ0n) is 20.2. The molecule has 1 unspecified atom stereocenters. The summed E-state index contributed by atoms with van der Waals surface area (Å²) in [5.74, 6) is 0.851. The minimum absolute atomic E-state index is 0.120. The van der Waals surface area contributed by atoms with E-state index in [1.807, 2.05) is 49.3 Å². The summed E-state index contributed by atoms with van der Waals surface area (Å²) >= 11 is 0. The van der Waals surface area contributed by atoms with Crippen LogP contribution in [0.15, 0.2) is 54.7 Å². The molecular formula is C26H30FN5O3. The molecule has 1 aromatic heterocycles. The molecular weight excluding hydrogens is 449 g/mol. The first-order valence-electron chi connectivity index (χ1n) is 11.6. The van der Waals surface area contributed by atoms with Crippen LogP contribution in [-0.2, 0) is 6.54 Å². The number of fused-ring (bicyclic) bond motifs is 1. The van der Waals surface area contributed by atoms with E-state index in [0.717, 1.165) is 17.7 Å². The van der Waals surface area contributed by atoms with Crippen LogP contribution in [0.25, 0.3) is 0 Å². The lowest BCUT2D eigenvalue weighted by atomic mass is 10.1. The zero-order chi connectivity index (χ0) is 24.8. The minimum atomic E-state index is -0.283. The van der Waals surface area contributed by atoms with Gasteiger partial charge in [0.05, 0.1) is 7.11 Å². The van der Waals surface area contributed by atoms with Crippen molar-refractivity contribution in [3.8, 4) is 11.8 Å². The number of anilines is 1. The highest BCUT2D eigenvalue weighted by Gasteiger charge is 2.27. The smallest absolute Gasteiger partial charge is 0.318 e. The molecule has 0 fully saturated rings. The molecule has 1 atom stereocenters. The Morgan fingerprint density at radius 3 is 2.69 bits per heavy atom. The molecule has 0 radical (unpaired) electrons. The lowest BCUT2D eigenvalue weighted by molar-refractivity contribution is 0.0754. The third-order valence-corrected chi connectivity index (χ3v) is 5.97. The Bertz CT molecular complexity index is 1160. The molecule has 0 spiro atoms. The van der Waals surface area contributed by atoms with E-state index in [4.69, 9.17) is 9.47 Å². The molecule has 0 bridgehead atoms. The van der Waals surface area contributed by atoms with Crippen LogP contribution in [0.4, 0.5) is 10.2 Å². The molecule has 2 heterocycles. The second kappa shape index (κ2) is 11.1. The maximum absolute atomic E-state index is 13.8. The van der Waals surface area contributed by atoms with Gasteiger partial charge in [-0.1, -0.05) is 24.3 Å². The first-order chi connectivity index (χ1) is 17.0. The molecule has 1 N–H and O–H groups in total. The number of amides is 1. The molecule has 9 heteroatoms. The van der Waals surface area contributed by atoms with E-state index >= 15 is 0 Å². The van der Waals surface area contributed by atoms with Gasteiger partial charge in [0.15, 0.2) is 0 Å². The summed E-state index contributed by atoms with van der Waals surface area (Å²) in [6.07, 6.45) is 1.94. The van der Waals surface area contributed by atoms with Crippen molar-refractivity contribution in [3.63, 3.8) is 0 Å². The number of ether oxygens (including phenoxy) is 2. The Labute approximate surface area is 204 Å². The van der Waals surface area contributed by atoms with E-state index in [1.165, 1.54) is 25.4 Å². The standard InChI is InChI=1S/C26H30FN5O3/c1-28-12-11-23(19-5-4-6-20(27)15-19)35-21-9-7-18(8-10-21)17-32-14-13-31(2)24-22(25(32)33)16-29-26(30-24)34-3/h4-10,15-16,23,28H,11-14,17H2,1-3H3. The number of hydrogen-bond acceptors (Lipinski definition) is 7. The molecule has 1 amide bonds. The summed E-state index contributed by atoms with van der Waals surface area (Å²) in [5, 5.41) is 3.12. The van der Waals surface area contributed by atoms with Crippen molar-refractivity contribution in [1.82, 2.24) is 20.2 Å². The number of rotatable bonds is 9. The fraction of sp³-hybridized carbons (Fsp3) is 0.346. The predicted octanol–water partition coefficient (Wildman–Crippen LogP) is 3.45. The van der Waals surface area contributed by atoms with Crippen LogP contribution in [0.3, 0.4) is 0 Å². The third kappa shape index (κ3) is 5.86. The maximum atomic E-state index is 13.8. The van der Waals surface area contributed by atoms with Crippen LogP contribution in [0.1, 0.15) is 34.0 Å². The summed E-state index contributed by atoms with van der Waals surface area (Å²) < 4.78 is 25.1. The van der Waals surface area contributed by atoms with E-state index in [0.29, 0.717) is 43.2 Å². The number of halogens is 1. The number of hydrogen-bond donors (Lipinski definition) is 1. The quantitative estimate of drug-likeness (QED) is 0.504. The Morgan fingerprint density at radius 1 is 1.17 bits per heavy atom. The molecule has 0 saturated heterocycles. The average molecular weight is 480 g/mol. The first-order valence-corrected chi connectivity index (χ1v) is 11.6. The molecule has 8 nitrogen and oxygen atoms in total. The summed E-state index contributed by atoms with van der Waals surface area (Å²) in [6, 6.07) is 14.4. The second-order valence-corrected chi connectivity index (χ2v) is 8.44. The Balaban J connectivity index is 1.47. The number of carbonyl (C=O) groups excluding carboxylic acids is 1. The first kappa shape index (κ1) is 24.4. The maximum Gasteiger partial charge on any atom is 0.318 e. The highest BCUT2D eigenvalue weighted by atomic mass is 19.1. The van der Waals surface area contributed by atoms with Crippen LogP contribution in [0, 0.1) is 5.82 Å². The molecule has 184 valence electrons. The highest BCUT2D eigenvalue weighted by molar-refractivity contribution is 5.99. The van der Waals surface area contributed by atoms with Gasteiger partial charge in [-0.2, -0.15) is 4.98 Å². The monoisotopic (exact) mass is 479 g/mol. The topological polar surface area (TPSA) is 79.8 Å². The lowest BCUT2D eigenvalue weighted by Gasteiger charge is -2.22. The predicted molar refractivity (Wildman–Crippen MR) is 131 cm³/mol. The fourth-order valence-corrected chi connectivity index (χ4v) is 4.03. The summed E-state index contributed by atoms with van der Waals surface area (Å²) in [5.41, 5.74) is 2.22. The summed E-state index contributed by atoms with van der Waals surface area (Å²) in [7, 11) is 5.28. The van der Waals surface area contributed by atoms with Gasteiger partial charge < -0.3 is 24.6 Å². The number of methoxy groups -OCH3 is 1. The lowest BCUT2D eigenvalue weighted by Crippen LogP contribution is -2.33. The number of nitrogens with one attached hydrogen (secondary N) is 1. The molecule has 1 aliphatic heterocycles. The Kier molecular flexibility index (Phi) is 7.77. The van der Waals surface area contributed by atoms with Crippen LogP contribution in [0.2, 0.25) is 0 Å². The molecule has 0 saturated carbocycles. The van der Waals surface area contributed by atoms with Crippen molar-refractivity contribution in [3.05, 3.63) is 77.2 Å². The zero-order valence-corrected chi connectivity index (χ0v) is 20.2. The van der Waals surface area contributed by atoms with Gasteiger partial charge in [-0.05, 0) is 49.0 Å². The molecule has 2 aromatic carbocycles. The molecule has 1 aliphatic rings. The van der Waals surface area contributed by atoms with Crippen LogP contribution in [0.5, 0.6) is 11.8 Å². The van der Waals surface area contributed by atoms with Gasteiger partial charge in [-0.3, -0.25) is 4.79 Å². The minimum Gasteiger partial charge on any atom is -0.486 e. The van der Waals surface area contributed by atoms with Gasteiger partial charge in [0.25, 0.3) is 5.91 Å². The van der Waals surface area contributed by atoms with E-state index < -0.39 is 0 Å². The van der Waals surface area contributed by atoms with Crippen molar-refractivity contribution < 1.29 is 18.7 Å². The number of carbonyl (C=O) groups is 1. The third-order valence-electron chi connectivity index (χ3n) is 5.97. The molecule has 0 aliphatic carbocycles. The number of nitrogens with zero attached hydrogens (tertiary/aromatic N) is 4. The fourth-order valence-electron chi connectivity index (χ4n) is 4.03. The second-order valence-electron chi connectivity index (χ2n) is 8.44. The number of likely N-dealkylation sites (N-methyl/N-ethyl adjacent to an activating group) is 1. The van der Waals surface area contributed by atoms with Gasteiger partial charge in [-0.15, -0.1) is 0 Å². The van der Waals surface area contributed by atoms with Crippen molar-refractivity contribution in [2.75, 3.05) is 45.7 Å². The van der Waals surface area contributed by atoms with E-state index in [1.54, 1.807) is 11.0 Å². The van der Waals surface area contributed by atoms with Crippen LogP contribution in [-0.4, -0.2) is 61.6 Å². The average Bonchev–Trinajstić information content (AvgIpc) is 2.99. The van der Waals surface area contributed by atoms with Gasteiger partial charge in [-0.25, -0.2) is 9.37 Å². The largest absolute Gasteiger partial charge is 0.486 e. The SMILES string of the molecule is CNCCC(Oc1ccc(CN2CCN(C)c3nc(OC)ncc3C2=O)cc1)c1cccc(F)c1. The van der Waals surface area contributed by atoms with E-state index in [-0.39, 0.29) is 23.8 Å². The van der Waals surface area contributed by atoms with E-state index in [9.17, 15) is 9.18 Å². The number of aromatic nitrogens is 2. The van der Waals surface area contributed by atoms with Crippen molar-refractivity contribution in [2.45, 2.75) is 19.1 Å². The van der Waals surface area contributed by atoms with Gasteiger partial charge >= 0.3 is 6.01 Å². The molecule has 3 aromatic rings. The summed E-state index contributed by atoms with van der Waals surface area (Å²) in [4.78, 5) is 25.4. The molecule has 35 heavy (non-hydrogen) atoms. The normalized spacial score (nSPS) is 14.3. The van der Waals surface area contributed by atoms with Crippen molar-refractivity contribution >= 4 is 11.7 Å². The van der Waals surface area contributed by atoms with Crippen LogP contribution < -0.4 is 19.7 Å². The van der Waals surface area contributed by atoms with Gasteiger partial charge in [0.1, 0.15) is 29.1 Å². The Morgan fingerprint density at radius 2 is 1.97 bits per heavy atom. The highest BCUT2D eigenvalue weighted by Crippen LogP contribution is 2.27. The number of benzene rings is 2. The van der Waals surface area contributed by atoms with Gasteiger partial charge in [0.2, 0.25) is 0 Å². The summed E-state index contributed by atoms with van der Waals surface area (Å²) in [6.45, 7) is 2.38. The van der Waals surface area contributed by atoms with Crippen molar-refractivity contribution in [2.24, 2.45) is 0 Å². The van der Waals surface area contributed by atoms with E-state index in [2.05, 4.69) is 15.3 Å².